The summed E-state index contributed by atoms with van der Waals surface area (Å²) in [6.45, 7) is 7.55. The fourth-order valence-corrected chi connectivity index (χ4v) is 3.29. The van der Waals surface area contributed by atoms with Crippen LogP contribution < -0.4 is 5.32 Å². The van der Waals surface area contributed by atoms with Gasteiger partial charge >= 0.3 is 5.97 Å². The number of rotatable bonds is 4. The van der Waals surface area contributed by atoms with Crippen molar-refractivity contribution in [3.8, 4) is 0 Å². The molecule has 21 heavy (non-hydrogen) atoms. The number of aromatic nitrogens is 1. The number of nitrogens with one attached hydrogen (secondary N) is 1. The van der Waals surface area contributed by atoms with Crippen LogP contribution in [0.3, 0.4) is 0 Å². The van der Waals surface area contributed by atoms with Gasteiger partial charge in [0.05, 0.1) is 12.3 Å². The molecule has 2 aromatic rings. The van der Waals surface area contributed by atoms with Crippen molar-refractivity contribution in [3.63, 3.8) is 0 Å². The molecule has 2 rings (SSSR count). The van der Waals surface area contributed by atoms with Gasteiger partial charge in [-0.2, -0.15) is 0 Å². The molecule has 6 heteroatoms. The van der Waals surface area contributed by atoms with Crippen molar-refractivity contribution in [2.45, 2.75) is 34.1 Å². The van der Waals surface area contributed by atoms with Gasteiger partial charge in [-0.25, -0.2) is 9.78 Å². The van der Waals surface area contributed by atoms with E-state index >= 15 is 0 Å². The average molecular weight is 306 g/mol. The Balaban J connectivity index is 2.60. The molecule has 5 nitrogen and oxygen atoms in total. The molecular formula is C15H18N2O3S. The van der Waals surface area contributed by atoms with Gasteiger partial charge in [-0.05, 0) is 31.9 Å². The molecule has 2 heterocycles. The molecule has 1 N–H and O–H groups in total. The van der Waals surface area contributed by atoms with Crippen LogP contribution in [0.1, 0.15) is 41.2 Å². The van der Waals surface area contributed by atoms with Crippen molar-refractivity contribution in [3.05, 3.63) is 22.2 Å². The predicted molar refractivity (Wildman–Crippen MR) is 84.0 cm³/mol. The molecule has 0 bridgehead atoms. The van der Waals surface area contributed by atoms with Crippen LogP contribution in [-0.4, -0.2) is 23.5 Å². The first kappa shape index (κ1) is 15.4. The summed E-state index contributed by atoms with van der Waals surface area (Å²) in [6, 6.07) is 1.93. The summed E-state index contributed by atoms with van der Waals surface area (Å²) in [4.78, 5) is 29.2. The van der Waals surface area contributed by atoms with Crippen molar-refractivity contribution < 1.29 is 14.3 Å². The van der Waals surface area contributed by atoms with E-state index in [0.29, 0.717) is 17.2 Å². The number of amides is 1. The molecule has 1 amide bonds. The number of carbonyl (C=O) groups is 2. The lowest BCUT2D eigenvalue weighted by atomic mass is 10.1. The highest BCUT2D eigenvalue weighted by molar-refractivity contribution is 7.21. The maximum absolute atomic E-state index is 12.2. The van der Waals surface area contributed by atoms with Crippen LogP contribution >= 0.6 is 11.3 Å². The third-order valence-corrected chi connectivity index (χ3v) is 3.97. The maximum Gasteiger partial charge on any atom is 0.350 e. The van der Waals surface area contributed by atoms with Gasteiger partial charge < -0.3 is 10.1 Å². The van der Waals surface area contributed by atoms with Crippen LogP contribution in [0.15, 0.2) is 6.07 Å². The molecule has 0 fully saturated rings. The molecule has 2 aromatic heterocycles. The van der Waals surface area contributed by atoms with E-state index in [9.17, 15) is 9.59 Å². The second kappa shape index (κ2) is 6.22. The number of esters is 1. The Morgan fingerprint density at radius 1 is 1.38 bits per heavy atom. The molecule has 0 saturated carbocycles. The minimum absolute atomic E-state index is 0.223. The lowest BCUT2D eigenvalue weighted by Crippen LogP contribution is -2.11. The van der Waals surface area contributed by atoms with E-state index in [1.165, 1.54) is 18.3 Å². The van der Waals surface area contributed by atoms with Gasteiger partial charge in [-0.3, -0.25) is 4.79 Å². The lowest BCUT2D eigenvalue weighted by molar-refractivity contribution is -0.114. The average Bonchev–Trinajstić information content (AvgIpc) is 2.73. The predicted octanol–water partition coefficient (Wildman–Crippen LogP) is 3.44. The molecule has 0 radical (unpaired) electrons. The van der Waals surface area contributed by atoms with Gasteiger partial charge in [0.1, 0.15) is 9.71 Å². The van der Waals surface area contributed by atoms with E-state index in [4.69, 9.17) is 4.74 Å². The number of anilines is 1. The minimum atomic E-state index is -0.416. The van der Waals surface area contributed by atoms with Crippen molar-refractivity contribution in [1.82, 2.24) is 4.98 Å². The van der Waals surface area contributed by atoms with Crippen LogP contribution in [0.25, 0.3) is 10.2 Å². The van der Waals surface area contributed by atoms with E-state index in [1.54, 1.807) is 0 Å². The normalized spacial score (nSPS) is 10.7. The van der Waals surface area contributed by atoms with Crippen LogP contribution in [0.5, 0.6) is 0 Å². The highest BCUT2D eigenvalue weighted by Crippen LogP contribution is 2.37. The van der Waals surface area contributed by atoms with Gasteiger partial charge in [0.25, 0.3) is 0 Å². The Morgan fingerprint density at radius 3 is 2.71 bits per heavy atom. The summed E-state index contributed by atoms with van der Waals surface area (Å²) in [5.74, 6) is -0.639. The van der Waals surface area contributed by atoms with Gasteiger partial charge in [0, 0.05) is 18.0 Å². The fraction of sp³-hybridized carbons (Fsp3) is 0.400. The van der Waals surface area contributed by atoms with E-state index < -0.39 is 5.97 Å². The molecule has 0 spiro atoms. The number of pyridine rings is 1. The second-order valence-electron chi connectivity index (χ2n) is 4.88. The van der Waals surface area contributed by atoms with E-state index in [1.807, 2.05) is 26.8 Å². The number of thiophene rings is 1. The molecule has 0 aliphatic heterocycles. The number of ether oxygens (including phenoxy) is 1. The van der Waals surface area contributed by atoms with E-state index in [-0.39, 0.29) is 5.91 Å². The van der Waals surface area contributed by atoms with Crippen molar-refractivity contribution >= 4 is 39.1 Å². The Hall–Kier alpha value is -1.95. The highest BCUT2D eigenvalue weighted by Gasteiger charge is 2.22. The molecule has 0 atom stereocenters. The first-order chi connectivity index (χ1) is 9.93. The lowest BCUT2D eigenvalue weighted by Gasteiger charge is -2.06. The first-order valence-corrected chi connectivity index (χ1v) is 7.61. The fourth-order valence-electron chi connectivity index (χ4n) is 2.14. The van der Waals surface area contributed by atoms with Gasteiger partial charge in [0.15, 0.2) is 0 Å². The second-order valence-corrected chi connectivity index (χ2v) is 5.88. The largest absolute Gasteiger partial charge is 0.461 e. The third-order valence-electron chi connectivity index (χ3n) is 2.91. The summed E-state index contributed by atoms with van der Waals surface area (Å²) in [6.07, 6.45) is 0.752. The van der Waals surface area contributed by atoms with Crippen molar-refractivity contribution in [2.24, 2.45) is 0 Å². The van der Waals surface area contributed by atoms with E-state index in [2.05, 4.69) is 10.3 Å². The van der Waals surface area contributed by atoms with Gasteiger partial charge in [-0.15, -0.1) is 11.3 Å². The number of carbonyl (C=O) groups excluding carboxylic acids is 2. The summed E-state index contributed by atoms with van der Waals surface area (Å²) in [5.41, 5.74) is 2.37. The molecule has 0 aliphatic rings. The van der Waals surface area contributed by atoms with Gasteiger partial charge in [0.2, 0.25) is 5.91 Å². The summed E-state index contributed by atoms with van der Waals surface area (Å²) in [5, 5.41) is 3.55. The number of fused-ring (bicyclic) bond motifs is 1. The Labute approximate surface area is 127 Å². The minimum Gasteiger partial charge on any atom is -0.461 e. The molecular weight excluding hydrogens is 288 g/mol. The van der Waals surface area contributed by atoms with E-state index in [0.717, 1.165) is 27.9 Å². The standard InChI is InChI=1S/C15H18N2O3S/c1-5-6-20-15(19)13-12(17-10(4)18)11-8(2)7-9(3)16-14(11)21-13/h7H,5-6H2,1-4H3,(H,17,18). The summed E-state index contributed by atoms with van der Waals surface area (Å²) in [7, 11) is 0. The van der Waals surface area contributed by atoms with Crippen LogP contribution in [0.4, 0.5) is 5.69 Å². The zero-order valence-electron chi connectivity index (χ0n) is 12.6. The van der Waals surface area contributed by atoms with Crippen LogP contribution in [-0.2, 0) is 9.53 Å². The van der Waals surface area contributed by atoms with Crippen LogP contribution in [0, 0.1) is 13.8 Å². The molecule has 0 unspecified atom stereocenters. The summed E-state index contributed by atoms with van der Waals surface area (Å²) < 4.78 is 5.19. The zero-order chi connectivity index (χ0) is 15.6. The van der Waals surface area contributed by atoms with Crippen molar-refractivity contribution in [2.75, 3.05) is 11.9 Å². The first-order valence-electron chi connectivity index (χ1n) is 6.79. The Bertz CT molecular complexity index is 706. The number of aryl methyl sites for hydroxylation is 2. The third kappa shape index (κ3) is 3.21. The van der Waals surface area contributed by atoms with Crippen molar-refractivity contribution in [1.29, 1.82) is 0 Å². The monoisotopic (exact) mass is 306 g/mol. The SMILES string of the molecule is CCCOC(=O)c1sc2nc(C)cc(C)c2c1NC(C)=O. The maximum atomic E-state index is 12.2. The molecule has 0 saturated heterocycles. The number of hydrogen-bond donors (Lipinski definition) is 1. The Morgan fingerprint density at radius 2 is 2.10 bits per heavy atom. The summed E-state index contributed by atoms with van der Waals surface area (Å²) >= 11 is 1.25. The smallest absolute Gasteiger partial charge is 0.350 e. The number of nitrogens with zero attached hydrogens (tertiary/aromatic N) is 1. The van der Waals surface area contributed by atoms with Crippen LogP contribution in [0.2, 0.25) is 0 Å². The highest BCUT2D eigenvalue weighted by atomic mass is 32.1. The quantitative estimate of drug-likeness (QED) is 0.879. The molecule has 0 aliphatic carbocycles. The topological polar surface area (TPSA) is 68.3 Å². The van der Waals surface area contributed by atoms with Gasteiger partial charge in [-0.1, -0.05) is 6.92 Å². The molecule has 112 valence electrons. The molecule has 0 aromatic carbocycles. The zero-order valence-corrected chi connectivity index (χ0v) is 13.4. The number of hydrogen-bond acceptors (Lipinski definition) is 5. The Kier molecular flexibility index (Phi) is 4.57.